The molecular weight excluding hydrogens is 418 g/mol. The molecule has 1 aliphatic heterocycles. The molecule has 2 aromatic carbocycles. The molecule has 0 amide bonds. The molecule has 1 saturated heterocycles. The minimum Gasteiger partial charge on any atom is -0.495 e. The Morgan fingerprint density at radius 2 is 1.75 bits per heavy atom. The van der Waals surface area contributed by atoms with Crippen molar-refractivity contribution in [2.45, 2.75) is 11.8 Å². The van der Waals surface area contributed by atoms with Crippen LogP contribution in [0.3, 0.4) is 0 Å². The highest BCUT2D eigenvalue weighted by atomic mass is 35.5. The number of sulfonamides is 1. The molecule has 1 aliphatic rings. The number of nitrogens with zero attached hydrogens (tertiary/aromatic N) is 2. The second kappa shape index (κ2) is 8.65. The summed E-state index contributed by atoms with van der Waals surface area (Å²) >= 11 is 11.4. The van der Waals surface area contributed by atoms with Gasteiger partial charge in [0.05, 0.1) is 17.7 Å². The van der Waals surface area contributed by atoms with E-state index in [0.29, 0.717) is 42.1 Å². The average Bonchev–Trinajstić information content (AvgIpc) is 2.68. The molecule has 0 bridgehead atoms. The minimum absolute atomic E-state index is 0.246. The number of piperazine rings is 1. The summed E-state index contributed by atoms with van der Waals surface area (Å²) in [5, 5.41) is 4.27. The van der Waals surface area contributed by atoms with Gasteiger partial charge in [-0.2, -0.15) is 4.31 Å². The third-order valence-electron chi connectivity index (χ3n) is 4.57. The normalized spacial score (nSPS) is 15.3. The smallest absolute Gasteiger partial charge is 0.243 e. The fourth-order valence-electron chi connectivity index (χ4n) is 3.00. The average molecular weight is 440 g/mol. The molecule has 0 unspecified atom stereocenters. The van der Waals surface area contributed by atoms with Crippen LogP contribution in [0.5, 0.6) is 5.75 Å². The molecule has 0 aromatic heterocycles. The van der Waals surface area contributed by atoms with Gasteiger partial charge in [-0.1, -0.05) is 17.7 Å². The third kappa shape index (κ3) is 4.57. The van der Waals surface area contributed by atoms with E-state index < -0.39 is 10.0 Å². The zero-order chi connectivity index (χ0) is 20.3. The van der Waals surface area contributed by atoms with Crippen molar-refractivity contribution in [3.8, 4) is 5.75 Å². The molecule has 1 heterocycles. The number of rotatable bonds is 4. The summed E-state index contributed by atoms with van der Waals surface area (Å²) in [6.45, 7) is 3.73. The first kappa shape index (κ1) is 20.9. The van der Waals surface area contributed by atoms with Crippen LogP contribution in [0.4, 0.5) is 5.69 Å². The highest BCUT2D eigenvalue weighted by molar-refractivity contribution is 7.89. The Bertz CT molecular complexity index is 957. The van der Waals surface area contributed by atoms with Gasteiger partial charge in [0.25, 0.3) is 0 Å². The number of anilines is 1. The molecule has 28 heavy (non-hydrogen) atoms. The molecule has 0 spiro atoms. The van der Waals surface area contributed by atoms with Crippen molar-refractivity contribution in [3.63, 3.8) is 0 Å². The van der Waals surface area contributed by atoms with Gasteiger partial charge in [-0.15, -0.1) is 0 Å². The van der Waals surface area contributed by atoms with Gasteiger partial charge >= 0.3 is 0 Å². The number of benzene rings is 2. The maximum atomic E-state index is 12.8. The van der Waals surface area contributed by atoms with E-state index >= 15 is 0 Å². The number of nitrogens with one attached hydrogen (secondary N) is 1. The first-order chi connectivity index (χ1) is 13.3. The number of aryl methyl sites for hydroxylation is 1. The van der Waals surface area contributed by atoms with Crippen molar-refractivity contribution in [1.29, 1.82) is 0 Å². The highest BCUT2D eigenvalue weighted by Gasteiger charge is 2.29. The van der Waals surface area contributed by atoms with Crippen molar-refractivity contribution in [2.75, 3.05) is 38.6 Å². The fourth-order valence-corrected chi connectivity index (χ4v) is 4.84. The van der Waals surface area contributed by atoms with E-state index in [1.165, 1.54) is 16.4 Å². The molecule has 0 radical (unpaired) electrons. The van der Waals surface area contributed by atoms with E-state index in [1.807, 2.05) is 30.0 Å². The standard InChI is InChI=1S/C19H22ClN3O3S2/c1-14-3-8-18(26-2)17(13-14)21-19(27)22-9-11-23(12-10-22)28(24,25)16-6-4-15(20)5-7-16/h3-8,13H,9-12H2,1-2H3,(H,21,27). The van der Waals surface area contributed by atoms with Crippen LogP contribution < -0.4 is 10.1 Å². The molecule has 0 saturated carbocycles. The van der Waals surface area contributed by atoms with Crippen molar-refractivity contribution in [2.24, 2.45) is 0 Å². The Morgan fingerprint density at radius 3 is 2.36 bits per heavy atom. The van der Waals surface area contributed by atoms with Crippen molar-refractivity contribution >= 4 is 44.6 Å². The number of halogens is 1. The SMILES string of the molecule is COc1ccc(C)cc1NC(=S)N1CCN(S(=O)(=O)c2ccc(Cl)cc2)CC1. The maximum Gasteiger partial charge on any atom is 0.243 e. The van der Waals surface area contributed by atoms with Crippen LogP contribution in [-0.2, 0) is 10.0 Å². The zero-order valence-corrected chi connectivity index (χ0v) is 18.1. The summed E-state index contributed by atoms with van der Waals surface area (Å²) in [5.74, 6) is 0.705. The largest absolute Gasteiger partial charge is 0.495 e. The van der Waals surface area contributed by atoms with Crippen molar-refractivity contribution in [3.05, 3.63) is 53.1 Å². The Kier molecular flexibility index (Phi) is 6.44. The van der Waals surface area contributed by atoms with Crippen LogP contribution in [0.25, 0.3) is 0 Å². The van der Waals surface area contributed by atoms with Crippen LogP contribution in [-0.4, -0.2) is 56.0 Å². The molecule has 0 aliphatic carbocycles. The van der Waals surface area contributed by atoms with Crippen LogP contribution in [0.1, 0.15) is 5.56 Å². The molecule has 3 rings (SSSR count). The van der Waals surface area contributed by atoms with Gasteiger partial charge in [-0.3, -0.25) is 0 Å². The molecule has 9 heteroatoms. The fraction of sp³-hybridized carbons (Fsp3) is 0.316. The predicted octanol–water partition coefficient (Wildman–Crippen LogP) is 3.36. The Labute approximate surface area is 176 Å². The Morgan fingerprint density at radius 1 is 1.11 bits per heavy atom. The van der Waals surface area contributed by atoms with E-state index in [-0.39, 0.29) is 4.90 Å². The van der Waals surface area contributed by atoms with Crippen LogP contribution in [0, 0.1) is 6.92 Å². The van der Waals surface area contributed by atoms with Gasteiger partial charge in [-0.25, -0.2) is 8.42 Å². The number of hydrogen-bond acceptors (Lipinski definition) is 4. The first-order valence-electron chi connectivity index (χ1n) is 8.77. The number of thiocarbonyl (C=S) groups is 1. The Balaban J connectivity index is 1.64. The predicted molar refractivity (Wildman–Crippen MR) is 116 cm³/mol. The van der Waals surface area contributed by atoms with Gasteiger partial charge < -0.3 is 15.0 Å². The number of methoxy groups -OCH3 is 1. The van der Waals surface area contributed by atoms with E-state index in [2.05, 4.69) is 5.32 Å². The van der Waals surface area contributed by atoms with Crippen molar-refractivity contribution in [1.82, 2.24) is 9.21 Å². The number of ether oxygens (including phenoxy) is 1. The molecule has 0 atom stereocenters. The lowest BCUT2D eigenvalue weighted by molar-refractivity contribution is 0.268. The molecule has 1 N–H and O–H groups in total. The monoisotopic (exact) mass is 439 g/mol. The summed E-state index contributed by atoms with van der Waals surface area (Å²) < 4.78 is 32.4. The lowest BCUT2D eigenvalue weighted by Crippen LogP contribution is -2.51. The third-order valence-corrected chi connectivity index (χ3v) is 7.10. The van der Waals surface area contributed by atoms with Gasteiger partial charge in [0.2, 0.25) is 10.0 Å². The Hall–Kier alpha value is -1.87. The van der Waals surface area contributed by atoms with E-state index in [4.69, 9.17) is 28.6 Å². The van der Waals surface area contributed by atoms with Gasteiger partial charge in [0, 0.05) is 31.2 Å². The minimum atomic E-state index is -3.54. The molecular formula is C19H22ClN3O3S2. The summed E-state index contributed by atoms with van der Waals surface area (Å²) in [7, 11) is -1.93. The van der Waals surface area contributed by atoms with E-state index in [0.717, 1.165) is 11.3 Å². The highest BCUT2D eigenvalue weighted by Crippen LogP contribution is 2.26. The van der Waals surface area contributed by atoms with Gasteiger partial charge in [0.15, 0.2) is 5.11 Å². The van der Waals surface area contributed by atoms with Gasteiger partial charge in [-0.05, 0) is 61.1 Å². The second-order valence-electron chi connectivity index (χ2n) is 6.48. The van der Waals surface area contributed by atoms with Crippen LogP contribution in [0.2, 0.25) is 5.02 Å². The summed E-state index contributed by atoms with van der Waals surface area (Å²) in [6, 6.07) is 12.0. The zero-order valence-electron chi connectivity index (χ0n) is 15.7. The quantitative estimate of drug-likeness (QED) is 0.737. The first-order valence-corrected chi connectivity index (χ1v) is 11.0. The van der Waals surface area contributed by atoms with Crippen molar-refractivity contribution < 1.29 is 13.2 Å². The van der Waals surface area contributed by atoms with Gasteiger partial charge in [0.1, 0.15) is 5.75 Å². The second-order valence-corrected chi connectivity index (χ2v) is 9.24. The summed E-state index contributed by atoms with van der Waals surface area (Å²) in [6.07, 6.45) is 0. The number of hydrogen-bond donors (Lipinski definition) is 1. The molecule has 6 nitrogen and oxygen atoms in total. The van der Waals surface area contributed by atoms with Crippen LogP contribution in [0.15, 0.2) is 47.4 Å². The topological polar surface area (TPSA) is 61.9 Å². The lowest BCUT2D eigenvalue weighted by Gasteiger charge is -2.35. The summed E-state index contributed by atoms with van der Waals surface area (Å²) in [5.41, 5.74) is 1.88. The summed E-state index contributed by atoms with van der Waals surface area (Å²) in [4.78, 5) is 2.21. The van der Waals surface area contributed by atoms with E-state index in [1.54, 1.807) is 19.2 Å². The molecule has 2 aromatic rings. The molecule has 1 fully saturated rings. The van der Waals surface area contributed by atoms with E-state index in [9.17, 15) is 8.42 Å². The maximum absolute atomic E-state index is 12.8. The van der Waals surface area contributed by atoms with Crippen LogP contribution >= 0.6 is 23.8 Å². The lowest BCUT2D eigenvalue weighted by atomic mass is 10.2. The molecule has 150 valence electrons.